The topological polar surface area (TPSA) is 236 Å². The van der Waals surface area contributed by atoms with Gasteiger partial charge in [0.05, 0.1) is 37.4 Å². The maximum Gasteiger partial charge on any atom is 0.410 e. The van der Waals surface area contributed by atoms with Crippen molar-refractivity contribution in [1.29, 1.82) is 0 Å². The van der Waals surface area contributed by atoms with Gasteiger partial charge in [-0.3, -0.25) is 4.79 Å². The number of carbonyl (C=O) groups is 4. The first-order chi connectivity index (χ1) is 26.2. The molecule has 0 aromatic heterocycles. The fourth-order valence-corrected chi connectivity index (χ4v) is 7.25. The number of aliphatic hydroxyl groups excluding tert-OH is 2. The first-order valence-corrected chi connectivity index (χ1v) is 19.8. The lowest BCUT2D eigenvalue weighted by Gasteiger charge is -2.52. The van der Waals surface area contributed by atoms with Gasteiger partial charge < -0.3 is 69.9 Å². The van der Waals surface area contributed by atoms with E-state index in [9.17, 15) is 34.5 Å². The molecular weight excluding hydrogens is 746 g/mol. The zero-order valence-electron chi connectivity index (χ0n) is 36.0. The number of likely N-dealkylation sites (N-methyl/N-ethyl adjacent to an activating group) is 2. The summed E-state index contributed by atoms with van der Waals surface area (Å²) >= 11 is 0. The third-order valence-electron chi connectivity index (χ3n) is 9.55. The summed E-state index contributed by atoms with van der Waals surface area (Å²) in [6, 6.07) is -4.00. The molecule has 3 aliphatic rings. The molecule has 11 atom stereocenters. The van der Waals surface area contributed by atoms with Crippen LogP contribution in [0.25, 0.3) is 0 Å². The Kier molecular flexibility index (Phi) is 16.1. The minimum Gasteiger partial charge on any atom is -0.491 e. The van der Waals surface area contributed by atoms with Crippen molar-refractivity contribution < 1.29 is 62.9 Å². The van der Waals surface area contributed by atoms with Crippen molar-refractivity contribution in [2.75, 3.05) is 26.7 Å². The lowest BCUT2D eigenvalue weighted by molar-refractivity contribution is -0.305. The predicted molar refractivity (Wildman–Crippen MR) is 208 cm³/mol. The van der Waals surface area contributed by atoms with E-state index in [0.29, 0.717) is 18.8 Å². The predicted octanol–water partition coefficient (Wildman–Crippen LogP) is 2.42. The summed E-state index contributed by atoms with van der Waals surface area (Å²) in [4.78, 5) is 53.8. The van der Waals surface area contributed by atoms with Gasteiger partial charge in [0, 0.05) is 25.4 Å². The van der Waals surface area contributed by atoms with Crippen LogP contribution in [0, 0.1) is 5.92 Å². The zero-order valence-corrected chi connectivity index (χ0v) is 36.0. The molecule has 328 valence electrons. The molecule has 0 radical (unpaired) electrons. The highest BCUT2D eigenvalue weighted by Gasteiger charge is 2.56. The molecule has 1 saturated carbocycles. The molecule has 1 saturated heterocycles. The Balaban J connectivity index is 2.11. The van der Waals surface area contributed by atoms with E-state index in [1.165, 1.54) is 14.0 Å². The van der Waals surface area contributed by atoms with Crippen molar-refractivity contribution in [1.82, 2.24) is 26.2 Å². The first-order valence-electron chi connectivity index (χ1n) is 19.8. The maximum atomic E-state index is 13.4. The van der Waals surface area contributed by atoms with Gasteiger partial charge >= 0.3 is 18.3 Å². The van der Waals surface area contributed by atoms with Crippen LogP contribution in [0.15, 0.2) is 11.8 Å². The van der Waals surface area contributed by atoms with Crippen molar-refractivity contribution in [3.8, 4) is 0 Å². The van der Waals surface area contributed by atoms with Gasteiger partial charge in [-0.2, -0.15) is 0 Å². The van der Waals surface area contributed by atoms with E-state index in [-0.39, 0.29) is 31.8 Å². The first kappa shape index (κ1) is 48.0. The minimum atomic E-state index is -1.76. The monoisotopic (exact) mass is 815 g/mol. The molecule has 0 aromatic carbocycles. The van der Waals surface area contributed by atoms with Crippen molar-refractivity contribution in [3.63, 3.8) is 0 Å². The third kappa shape index (κ3) is 13.8. The van der Waals surface area contributed by atoms with E-state index in [0.717, 1.165) is 4.90 Å². The summed E-state index contributed by atoms with van der Waals surface area (Å²) in [6.45, 7) is 20.9. The SMILES string of the molecule is CCNCC1=CC[C@@H](NC(=O)OC(C)(C)C)[C@@H](C2[C@@H](NC(=O)OC(C)(C)C)C[C@@H](NC(=O)CC)[C@H](O[C@H]3OC[C@](C)(O)[C@H](N(C)C(=O)OC(C)(C)C)[C@H]3O)[C@H]2O)O1. The molecule has 1 aliphatic carbocycles. The van der Waals surface area contributed by atoms with Gasteiger partial charge in [-0.25, -0.2) is 14.4 Å². The number of alkyl carbamates (subject to hydrolysis) is 2. The fraction of sp³-hybridized carbons (Fsp3) is 0.846. The minimum absolute atomic E-state index is 0.0234. The number of aliphatic hydroxyl groups is 3. The molecule has 0 spiro atoms. The number of amides is 4. The molecule has 57 heavy (non-hydrogen) atoms. The largest absolute Gasteiger partial charge is 0.491 e. The third-order valence-corrected chi connectivity index (χ3v) is 9.55. The van der Waals surface area contributed by atoms with Gasteiger partial charge in [0.15, 0.2) is 6.29 Å². The summed E-state index contributed by atoms with van der Waals surface area (Å²) < 4.78 is 35.6. The number of hydrogen-bond acceptors (Lipinski definition) is 14. The molecule has 3 rings (SSSR count). The number of carbonyl (C=O) groups excluding carboxylic acids is 4. The van der Waals surface area contributed by atoms with Crippen molar-refractivity contribution >= 4 is 24.2 Å². The number of nitrogens with zero attached hydrogens (tertiary/aromatic N) is 1. The summed E-state index contributed by atoms with van der Waals surface area (Å²) in [6.07, 6.45) is -7.31. The Hall–Kier alpha value is -3.42. The quantitative estimate of drug-likeness (QED) is 0.149. The Labute approximate surface area is 337 Å². The van der Waals surface area contributed by atoms with E-state index in [1.807, 2.05) is 13.0 Å². The normalized spacial score (nSPS) is 32.2. The highest BCUT2D eigenvalue weighted by molar-refractivity contribution is 5.76. The van der Waals surface area contributed by atoms with E-state index >= 15 is 0 Å². The fourth-order valence-electron chi connectivity index (χ4n) is 7.25. The smallest absolute Gasteiger partial charge is 0.410 e. The van der Waals surface area contributed by atoms with Crippen LogP contribution in [-0.2, 0) is 33.2 Å². The van der Waals surface area contributed by atoms with Crippen LogP contribution < -0.4 is 21.3 Å². The Morgan fingerprint density at radius 2 is 1.42 bits per heavy atom. The molecule has 0 aromatic rings. The molecule has 18 nitrogen and oxygen atoms in total. The second-order valence-corrected chi connectivity index (χ2v) is 18.3. The zero-order chi connectivity index (χ0) is 43.3. The Morgan fingerprint density at radius 3 is 1.95 bits per heavy atom. The van der Waals surface area contributed by atoms with E-state index in [1.54, 1.807) is 69.2 Å². The van der Waals surface area contributed by atoms with E-state index in [4.69, 9.17) is 28.4 Å². The van der Waals surface area contributed by atoms with Gasteiger partial charge in [-0.15, -0.1) is 0 Å². The second-order valence-electron chi connectivity index (χ2n) is 18.3. The highest BCUT2D eigenvalue weighted by atomic mass is 16.7. The average molecular weight is 816 g/mol. The van der Waals surface area contributed by atoms with Crippen LogP contribution in [0.1, 0.15) is 102 Å². The number of ether oxygens (including phenoxy) is 6. The molecule has 2 heterocycles. The molecule has 4 amide bonds. The molecule has 0 bridgehead atoms. The number of nitrogens with one attached hydrogen (secondary N) is 4. The molecule has 7 N–H and O–H groups in total. The molecular formula is C39H69N5O13. The van der Waals surface area contributed by atoms with Crippen LogP contribution in [0.5, 0.6) is 0 Å². The Morgan fingerprint density at radius 1 is 0.860 bits per heavy atom. The number of rotatable bonds is 11. The summed E-state index contributed by atoms with van der Waals surface area (Å²) in [5.41, 5.74) is -4.34. The standard InChI is InChI=1S/C39H69N5O13/c1-14-25(45)41-24-18-23(43-34(49)56-37(6,7)8)26(29-22(42-33(48)55-36(3,4)5)17-16-21(53-29)19-40-15-2)27(46)30(24)54-32-28(47)31(39(12,51)20-52-32)44(13)35(50)57-38(9,10)11/h16,22-24,26-32,40,46-47,51H,14-15,17-20H2,1-13H3,(H,41,45)(H,42,48)(H,43,49)/t22-,23+,24-,26?,27+,28-,29+,30+,31-,32-,39+/m1/s1. The highest BCUT2D eigenvalue weighted by Crippen LogP contribution is 2.39. The van der Waals surface area contributed by atoms with Crippen LogP contribution in [0.3, 0.4) is 0 Å². The summed E-state index contributed by atoms with van der Waals surface area (Å²) in [7, 11) is 1.37. The molecule has 2 fully saturated rings. The lowest BCUT2D eigenvalue weighted by atomic mass is 9.72. The molecule has 18 heteroatoms. The average Bonchev–Trinajstić information content (AvgIpc) is 3.04. The van der Waals surface area contributed by atoms with Gasteiger partial charge in [0.2, 0.25) is 5.91 Å². The summed E-state index contributed by atoms with van der Waals surface area (Å²) in [5.74, 6) is -0.904. The summed E-state index contributed by atoms with van der Waals surface area (Å²) in [5, 5.41) is 47.5. The van der Waals surface area contributed by atoms with Gasteiger partial charge in [-0.1, -0.05) is 13.8 Å². The van der Waals surface area contributed by atoms with Crippen molar-refractivity contribution in [2.45, 2.75) is 180 Å². The van der Waals surface area contributed by atoms with E-state index < -0.39 is 101 Å². The van der Waals surface area contributed by atoms with Crippen LogP contribution in [0.2, 0.25) is 0 Å². The van der Waals surface area contributed by atoms with Crippen molar-refractivity contribution in [2.24, 2.45) is 5.92 Å². The lowest BCUT2D eigenvalue weighted by Crippen LogP contribution is -2.70. The van der Waals surface area contributed by atoms with Gasteiger partial charge in [0.25, 0.3) is 0 Å². The second kappa shape index (κ2) is 19.1. The number of hydrogen-bond donors (Lipinski definition) is 7. The van der Waals surface area contributed by atoms with Gasteiger partial charge in [-0.05, 0) is 94.7 Å². The van der Waals surface area contributed by atoms with Crippen LogP contribution >= 0.6 is 0 Å². The molecule has 2 aliphatic heterocycles. The van der Waals surface area contributed by atoms with E-state index in [2.05, 4.69) is 21.3 Å². The van der Waals surface area contributed by atoms with Crippen LogP contribution in [-0.4, -0.2) is 148 Å². The maximum absolute atomic E-state index is 13.4. The molecule has 1 unspecified atom stereocenters. The Bertz CT molecular complexity index is 1420. The van der Waals surface area contributed by atoms with Gasteiger partial charge in [0.1, 0.15) is 46.5 Å². The van der Waals surface area contributed by atoms with Crippen LogP contribution in [0.4, 0.5) is 14.4 Å². The van der Waals surface area contributed by atoms with Crippen molar-refractivity contribution in [3.05, 3.63) is 11.8 Å².